The van der Waals surface area contributed by atoms with Gasteiger partial charge in [0.1, 0.15) is 0 Å². The minimum absolute atomic E-state index is 0. The number of hydrogen-bond donors (Lipinski definition) is 2. The number of rotatable bonds is 1. The zero-order valence-corrected chi connectivity index (χ0v) is 10.7. The fourth-order valence-corrected chi connectivity index (χ4v) is 0. The maximum Gasteiger partial charge on any atom is 1.00 e. The largest absolute Gasteiger partial charge is 1.00 e. The minimum atomic E-state index is -1.29. The molecule has 0 fully saturated rings. The molecule has 0 bridgehead atoms. The van der Waals surface area contributed by atoms with Gasteiger partial charge in [0.15, 0.2) is 0 Å². The second kappa shape index (κ2) is 11.2. The van der Waals surface area contributed by atoms with Gasteiger partial charge in [-0.3, -0.25) is 4.79 Å². The molecule has 2 N–H and O–H groups in total. The zero-order valence-electron chi connectivity index (χ0n) is 7.04. The van der Waals surface area contributed by atoms with Crippen LogP contribution < -0.4 is 51.4 Å². The van der Waals surface area contributed by atoms with E-state index in [9.17, 15) is 4.79 Å². The van der Waals surface area contributed by atoms with Crippen LogP contribution in [-0.2, 0) is 9.59 Å². The number of aliphatic carboxylic acids is 2. The van der Waals surface area contributed by atoms with E-state index in [1.165, 1.54) is 0 Å². The molecule has 62 valence electrons. The number of halogens is 2. The van der Waals surface area contributed by atoms with Crippen LogP contribution in [0.3, 0.4) is 0 Å². The molecule has 0 aromatic heterocycles. The Hall–Kier alpha value is 1.16. The van der Waals surface area contributed by atoms with Crippen LogP contribution in [0.2, 0.25) is 0 Å². The summed E-state index contributed by atoms with van der Waals surface area (Å²) in [5.41, 5.74) is 0. The molecule has 0 aromatic rings. The Labute approximate surface area is 118 Å². The minimum Gasteiger partial charge on any atom is -1.00 e. The van der Waals surface area contributed by atoms with Gasteiger partial charge in [0.25, 0.3) is 5.97 Å². The Kier molecular flexibility index (Phi) is 18.3. The normalized spacial score (nSPS) is 7.27. The molecule has 0 rings (SSSR count). The number of carboxylic acid groups (broad SMARTS) is 2. The van der Waals surface area contributed by atoms with Gasteiger partial charge in [-0.25, -0.2) is 4.79 Å². The maximum absolute atomic E-state index is 9.44. The van der Waals surface area contributed by atoms with Crippen LogP contribution in [0.4, 0.5) is 0 Å². The molecule has 0 heterocycles. The number of alkyl halides is 2. The van der Waals surface area contributed by atoms with Crippen LogP contribution in [0.1, 0.15) is 8.35 Å². The van der Waals surface area contributed by atoms with E-state index in [4.69, 9.17) is 38.2 Å². The van der Waals surface area contributed by atoms with Gasteiger partial charge in [-0.2, -0.15) is 0 Å². The molecule has 0 saturated heterocycles. The summed E-state index contributed by atoms with van der Waals surface area (Å²) in [4.78, 5) is 17.1. The molecule has 0 aliphatic carbocycles. The molecule has 0 atom stereocenters. The summed E-state index contributed by atoms with van der Waals surface area (Å²) in [6.07, 6.45) is 0. The van der Waals surface area contributed by atoms with Crippen LogP contribution in [0.5, 0.6) is 0 Å². The molecule has 4 nitrogen and oxygen atoms in total. The van der Waals surface area contributed by atoms with Gasteiger partial charge >= 0.3 is 57.4 Å². The van der Waals surface area contributed by atoms with Crippen molar-refractivity contribution in [3.05, 3.63) is 0 Å². The average molecular weight is 229 g/mol. The fourth-order valence-electron chi connectivity index (χ4n) is 0. The van der Waals surface area contributed by atoms with Gasteiger partial charge in [-0.15, -0.1) is 0 Å². The topological polar surface area (TPSA) is 74.6 Å². The molecular formula is C4H7Cl2KO4. The Morgan fingerprint density at radius 3 is 1.45 bits per heavy atom. The third kappa shape index (κ3) is 35.2. The Bertz CT molecular complexity index is 128. The first-order chi connectivity index (χ1) is 4.37. The van der Waals surface area contributed by atoms with Crippen LogP contribution in [-0.4, -0.2) is 27.0 Å². The molecule has 0 radical (unpaired) electrons. The number of carboxylic acids is 2. The van der Waals surface area contributed by atoms with E-state index >= 15 is 0 Å². The molecule has 0 unspecified atom stereocenters. The molecule has 0 amide bonds. The summed E-state index contributed by atoms with van der Waals surface area (Å²) in [5, 5.41) is 15.1. The van der Waals surface area contributed by atoms with Crippen LogP contribution >= 0.6 is 23.2 Å². The quantitative estimate of drug-likeness (QED) is 0.406. The molecule has 0 aliphatic rings. The van der Waals surface area contributed by atoms with Crippen molar-refractivity contribution >= 4 is 35.1 Å². The van der Waals surface area contributed by atoms with E-state index < -0.39 is 16.8 Å². The Balaban J connectivity index is -0.0000000483. The zero-order chi connectivity index (χ0) is 8.73. The van der Waals surface area contributed by atoms with Crippen molar-refractivity contribution < 1.29 is 72.6 Å². The van der Waals surface area contributed by atoms with Crippen molar-refractivity contribution in [1.82, 2.24) is 0 Å². The molecule has 0 spiro atoms. The molecule has 0 aromatic carbocycles. The first-order valence-corrected chi connectivity index (χ1v) is 2.95. The van der Waals surface area contributed by atoms with Gasteiger partial charge in [0.2, 0.25) is 4.84 Å². The third-order valence-electron chi connectivity index (χ3n) is 0.187. The van der Waals surface area contributed by atoms with E-state index in [2.05, 4.69) is 0 Å². The summed E-state index contributed by atoms with van der Waals surface area (Å²) in [5.74, 6) is -2.04. The van der Waals surface area contributed by atoms with Gasteiger partial charge in [-0.05, 0) is 0 Å². The van der Waals surface area contributed by atoms with Crippen molar-refractivity contribution in [2.45, 2.75) is 11.8 Å². The van der Waals surface area contributed by atoms with Gasteiger partial charge < -0.3 is 11.6 Å². The predicted molar refractivity (Wildman–Crippen MR) is 37.6 cm³/mol. The van der Waals surface area contributed by atoms with Crippen molar-refractivity contribution in [3.63, 3.8) is 0 Å². The van der Waals surface area contributed by atoms with Gasteiger partial charge in [0, 0.05) is 6.92 Å². The smallest absolute Gasteiger partial charge is 1.00 e. The van der Waals surface area contributed by atoms with Crippen molar-refractivity contribution in [2.75, 3.05) is 0 Å². The Morgan fingerprint density at radius 1 is 1.36 bits per heavy atom. The van der Waals surface area contributed by atoms with E-state index in [-0.39, 0.29) is 52.8 Å². The maximum atomic E-state index is 9.44. The summed E-state index contributed by atoms with van der Waals surface area (Å²) in [6.45, 7) is 1.08. The van der Waals surface area contributed by atoms with E-state index in [1.54, 1.807) is 0 Å². The monoisotopic (exact) mass is 228 g/mol. The number of hydrogen-bond acceptors (Lipinski definition) is 2. The molecule has 0 aliphatic heterocycles. The summed E-state index contributed by atoms with van der Waals surface area (Å²) in [6, 6.07) is 0. The van der Waals surface area contributed by atoms with E-state index in [0.717, 1.165) is 6.92 Å². The Morgan fingerprint density at radius 2 is 1.45 bits per heavy atom. The summed E-state index contributed by atoms with van der Waals surface area (Å²) in [7, 11) is 0. The first-order valence-electron chi connectivity index (χ1n) is 2.08. The van der Waals surface area contributed by atoms with Crippen molar-refractivity contribution in [1.29, 1.82) is 0 Å². The standard InChI is InChI=1S/C2H2Cl2O2.C2H4O2.K.H/c3-1(4)2(5)6;1-2(3)4;;/h1H,(H,5,6);1H3,(H,3,4);;/q;;+1;-1. The van der Waals surface area contributed by atoms with Gasteiger partial charge in [0.05, 0.1) is 0 Å². The molecule has 0 saturated carbocycles. The van der Waals surface area contributed by atoms with Crippen molar-refractivity contribution in [3.8, 4) is 0 Å². The van der Waals surface area contributed by atoms with Gasteiger partial charge in [-0.1, -0.05) is 23.2 Å². The van der Waals surface area contributed by atoms with E-state index in [0.29, 0.717) is 0 Å². The van der Waals surface area contributed by atoms with Crippen LogP contribution in [0, 0.1) is 0 Å². The second-order valence-electron chi connectivity index (χ2n) is 1.16. The molecular weight excluding hydrogens is 222 g/mol. The third-order valence-corrected chi connectivity index (χ3v) is 0.560. The van der Waals surface area contributed by atoms with Crippen molar-refractivity contribution in [2.24, 2.45) is 0 Å². The van der Waals surface area contributed by atoms with E-state index in [1.807, 2.05) is 0 Å². The molecule has 11 heavy (non-hydrogen) atoms. The van der Waals surface area contributed by atoms with Crippen LogP contribution in [0.15, 0.2) is 0 Å². The summed E-state index contributed by atoms with van der Waals surface area (Å²) >= 11 is 9.56. The fraction of sp³-hybridized carbons (Fsp3) is 0.500. The second-order valence-corrected chi connectivity index (χ2v) is 2.25. The molecule has 7 heteroatoms. The SMILES string of the molecule is CC(=O)O.O=C(O)C(Cl)Cl.[H-].[K+]. The summed E-state index contributed by atoms with van der Waals surface area (Å²) < 4.78 is 0. The first kappa shape index (κ1) is 18.0. The van der Waals surface area contributed by atoms with Crippen LogP contribution in [0.25, 0.3) is 0 Å². The predicted octanol–water partition coefficient (Wildman–Crippen LogP) is -1.92. The number of carbonyl (C=O) groups is 2. The average Bonchev–Trinajstić information content (AvgIpc) is 1.63.